The van der Waals surface area contributed by atoms with Crippen LogP contribution in [0.2, 0.25) is 5.02 Å². The minimum absolute atomic E-state index is 0.181. The van der Waals surface area contributed by atoms with E-state index in [0.717, 1.165) is 22.5 Å². The lowest BCUT2D eigenvalue weighted by molar-refractivity contribution is 0.598. The Morgan fingerprint density at radius 2 is 1.90 bits per heavy atom. The van der Waals surface area contributed by atoms with E-state index in [1.807, 2.05) is 12.1 Å². The Kier molecular flexibility index (Phi) is 5.64. The number of nitrogens with one attached hydrogen (secondary N) is 1. The molecule has 0 aliphatic carbocycles. The Balaban J connectivity index is 2.38. The predicted molar refractivity (Wildman–Crippen MR) is 90.5 cm³/mol. The summed E-state index contributed by atoms with van der Waals surface area (Å²) in [5.74, 6) is 0. The molecule has 1 nitrogen and oxygen atoms in total. The summed E-state index contributed by atoms with van der Waals surface area (Å²) in [7, 11) is 0. The van der Waals surface area contributed by atoms with Crippen molar-refractivity contribution in [1.29, 1.82) is 0 Å². The first kappa shape index (κ1) is 15.6. The average Bonchev–Trinajstić information content (AvgIpc) is 2.43. The van der Waals surface area contributed by atoms with Crippen LogP contribution in [0.25, 0.3) is 0 Å². The summed E-state index contributed by atoms with van der Waals surface area (Å²) in [6.45, 7) is 5.27. The molecule has 2 rings (SSSR count). The lowest BCUT2D eigenvalue weighted by atomic mass is 9.97. The van der Waals surface area contributed by atoms with Crippen LogP contribution in [0.4, 0.5) is 0 Å². The van der Waals surface area contributed by atoms with Gasteiger partial charge in [-0.05, 0) is 59.1 Å². The number of rotatable bonds is 5. The Hall–Kier alpha value is -0.830. The number of halogens is 2. The SMILES string of the molecule is CCCNC(c1cccc(C)c1)c1ccc(Br)c(Cl)c1. The van der Waals surface area contributed by atoms with Crippen molar-refractivity contribution >= 4 is 27.5 Å². The second kappa shape index (κ2) is 7.26. The van der Waals surface area contributed by atoms with Crippen molar-refractivity contribution in [2.75, 3.05) is 6.54 Å². The molecule has 0 aromatic heterocycles. The van der Waals surface area contributed by atoms with Gasteiger partial charge in [-0.2, -0.15) is 0 Å². The molecule has 2 aromatic carbocycles. The fourth-order valence-electron chi connectivity index (χ4n) is 2.26. The summed E-state index contributed by atoms with van der Waals surface area (Å²) in [6.07, 6.45) is 1.10. The van der Waals surface area contributed by atoms with Crippen LogP contribution in [0.3, 0.4) is 0 Å². The topological polar surface area (TPSA) is 12.0 Å². The molecule has 2 aromatic rings. The molecule has 0 heterocycles. The molecular formula is C17H19BrClN. The van der Waals surface area contributed by atoms with Crippen LogP contribution >= 0.6 is 27.5 Å². The van der Waals surface area contributed by atoms with Crippen molar-refractivity contribution in [2.24, 2.45) is 0 Å². The average molecular weight is 353 g/mol. The van der Waals surface area contributed by atoms with Crippen molar-refractivity contribution in [1.82, 2.24) is 5.32 Å². The maximum atomic E-state index is 6.24. The minimum atomic E-state index is 0.181. The molecule has 1 unspecified atom stereocenters. The van der Waals surface area contributed by atoms with Crippen molar-refractivity contribution in [3.63, 3.8) is 0 Å². The third kappa shape index (κ3) is 3.85. The minimum Gasteiger partial charge on any atom is -0.306 e. The molecule has 1 N–H and O–H groups in total. The van der Waals surface area contributed by atoms with Gasteiger partial charge in [-0.15, -0.1) is 0 Å². The third-order valence-corrected chi connectivity index (χ3v) is 4.48. The summed E-state index contributed by atoms with van der Waals surface area (Å²) in [5, 5.41) is 4.35. The van der Waals surface area contributed by atoms with E-state index in [0.29, 0.717) is 0 Å². The van der Waals surface area contributed by atoms with Crippen LogP contribution in [0.15, 0.2) is 46.9 Å². The van der Waals surface area contributed by atoms with Gasteiger partial charge >= 0.3 is 0 Å². The van der Waals surface area contributed by atoms with Gasteiger partial charge in [-0.25, -0.2) is 0 Å². The van der Waals surface area contributed by atoms with Gasteiger partial charge in [-0.1, -0.05) is 54.4 Å². The second-order valence-electron chi connectivity index (χ2n) is 4.97. The zero-order valence-electron chi connectivity index (χ0n) is 11.8. The Labute approximate surface area is 134 Å². The van der Waals surface area contributed by atoms with E-state index in [4.69, 9.17) is 11.6 Å². The smallest absolute Gasteiger partial charge is 0.0577 e. The molecule has 0 fully saturated rings. The highest BCUT2D eigenvalue weighted by Gasteiger charge is 2.14. The van der Waals surface area contributed by atoms with Crippen molar-refractivity contribution < 1.29 is 0 Å². The molecule has 1 atom stereocenters. The van der Waals surface area contributed by atoms with E-state index in [9.17, 15) is 0 Å². The molecule has 0 saturated heterocycles. The summed E-state index contributed by atoms with van der Waals surface area (Å²) in [6, 6.07) is 14.9. The van der Waals surface area contributed by atoms with Crippen molar-refractivity contribution in [2.45, 2.75) is 26.3 Å². The molecule has 106 valence electrons. The summed E-state index contributed by atoms with van der Waals surface area (Å²) >= 11 is 9.68. The lowest BCUT2D eigenvalue weighted by Gasteiger charge is -2.20. The number of hydrogen-bond donors (Lipinski definition) is 1. The highest BCUT2D eigenvalue weighted by Crippen LogP contribution is 2.29. The third-order valence-electron chi connectivity index (χ3n) is 3.25. The van der Waals surface area contributed by atoms with Gasteiger partial charge in [0.15, 0.2) is 0 Å². The van der Waals surface area contributed by atoms with Crippen LogP contribution < -0.4 is 5.32 Å². The molecule has 0 radical (unpaired) electrons. The number of aryl methyl sites for hydroxylation is 1. The molecule has 20 heavy (non-hydrogen) atoms. The van der Waals surface area contributed by atoms with Gasteiger partial charge < -0.3 is 5.32 Å². The van der Waals surface area contributed by atoms with Gasteiger partial charge in [0.25, 0.3) is 0 Å². The molecular weight excluding hydrogens is 334 g/mol. The van der Waals surface area contributed by atoms with Crippen LogP contribution in [-0.2, 0) is 0 Å². The van der Waals surface area contributed by atoms with Crippen LogP contribution in [-0.4, -0.2) is 6.54 Å². The van der Waals surface area contributed by atoms with Gasteiger partial charge in [0.05, 0.1) is 11.1 Å². The van der Waals surface area contributed by atoms with E-state index in [2.05, 4.69) is 65.4 Å². The fourth-order valence-corrected chi connectivity index (χ4v) is 2.69. The van der Waals surface area contributed by atoms with Crippen molar-refractivity contribution in [3.8, 4) is 0 Å². The second-order valence-corrected chi connectivity index (χ2v) is 6.24. The first-order valence-corrected chi connectivity index (χ1v) is 8.04. The Morgan fingerprint density at radius 1 is 1.15 bits per heavy atom. The van der Waals surface area contributed by atoms with Gasteiger partial charge in [0, 0.05) is 4.47 Å². The van der Waals surface area contributed by atoms with E-state index in [-0.39, 0.29) is 6.04 Å². The van der Waals surface area contributed by atoms with Crippen LogP contribution in [0.5, 0.6) is 0 Å². The van der Waals surface area contributed by atoms with Crippen molar-refractivity contribution in [3.05, 3.63) is 68.7 Å². The monoisotopic (exact) mass is 351 g/mol. The molecule has 0 aliphatic rings. The summed E-state index contributed by atoms with van der Waals surface area (Å²) < 4.78 is 0.932. The Bertz CT molecular complexity index is 583. The summed E-state index contributed by atoms with van der Waals surface area (Å²) in [5.41, 5.74) is 3.74. The molecule has 3 heteroatoms. The highest BCUT2D eigenvalue weighted by molar-refractivity contribution is 9.10. The lowest BCUT2D eigenvalue weighted by Crippen LogP contribution is -2.23. The van der Waals surface area contributed by atoms with Gasteiger partial charge in [-0.3, -0.25) is 0 Å². The van der Waals surface area contributed by atoms with Crippen LogP contribution in [0.1, 0.15) is 36.1 Å². The van der Waals surface area contributed by atoms with E-state index >= 15 is 0 Å². The quantitative estimate of drug-likeness (QED) is 0.749. The molecule has 0 spiro atoms. The van der Waals surface area contributed by atoms with Gasteiger partial charge in [0.2, 0.25) is 0 Å². The maximum absolute atomic E-state index is 6.24. The maximum Gasteiger partial charge on any atom is 0.0577 e. The van der Waals surface area contributed by atoms with E-state index in [1.165, 1.54) is 16.7 Å². The Morgan fingerprint density at radius 3 is 2.55 bits per heavy atom. The standard InChI is InChI=1S/C17H19BrClN/c1-3-9-20-17(13-6-4-5-12(2)10-13)14-7-8-15(18)16(19)11-14/h4-8,10-11,17,20H,3,9H2,1-2H3. The first-order chi connectivity index (χ1) is 9.61. The largest absolute Gasteiger partial charge is 0.306 e. The zero-order valence-corrected chi connectivity index (χ0v) is 14.1. The number of benzene rings is 2. The molecule has 0 saturated carbocycles. The van der Waals surface area contributed by atoms with E-state index < -0.39 is 0 Å². The molecule has 0 aliphatic heterocycles. The fraction of sp³-hybridized carbons (Fsp3) is 0.294. The normalized spacial score (nSPS) is 12.4. The predicted octanol–water partition coefficient (Wildman–Crippen LogP) is 5.50. The van der Waals surface area contributed by atoms with E-state index in [1.54, 1.807) is 0 Å². The zero-order chi connectivity index (χ0) is 14.5. The molecule has 0 amide bonds. The van der Waals surface area contributed by atoms with Gasteiger partial charge in [0.1, 0.15) is 0 Å². The molecule has 0 bridgehead atoms. The summed E-state index contributed by atoms with van der Waals surface area (Å²) in [4.78, 5) is 0. The van der Waals surface area contributed by atoms with Crippen LogP contribution in [0, 0.1) is 6.92 Å². The highest BCUT2D eigenvalue weighted by atomic mass is 79.9. The number of hydrogen-bond acceptors (Lipinski definition) is 1. The first-order valence-electron chi connectivity index (χ1n) is 6.86.